The highest BCUT2D eigenvalue weighted by atomic mass is 32.2. The smallest absolute Gasteiger partial charge is 0.221 e. The fourth-order valence-corrected chi connectivity index (χ4v) is 3.65. The summed E-state index contributed by atoms with van der Waals surface area (Å²) >= 11 is 0. The molecule has 0 fully saturated rings. The van der Waals surface area contributed by atoms with Crippen molar-refractivity contribution in [1.82, 2.24) is 4.98 Å². The van der Waals surface area contributed by atoms with Crippen LogP contribution >= 0.6 is 0 Å². The Morgan fingerprint density at radius 1 is 1.04 bits per heavy atom. The summed E-state index contributed by atoms with van der Waals surface area (Å²) in [6.07, 6.45) is 0.746. The Labute approximate surface area is 135 Å². The van der Waals surface area contributed by atoms with Crippen LogP contribution in [0.4, 0.5) is 0 Å². The maximum Gasteiger partial charge on any atom is 0.221 e. The first-order valence-corrected chi connectivity index (χ1v) is 8.86. The van der Waals surface area contributed by atoms with Crippen LogP contribution in [0.3, 0.4) is 0 Å². The van der Waals surface area contributed by atoms with Gasteiger partial charge >= 0.3 is 0 Å². The first-order valence-electron chi connectivity index (χ1n) is 7.37. The average Bonchev–Trinajstić information content (AvgIpc) is 3.02. The number of ether oxygens (including phenoxy) is 1. The van der Waals surface area contributed by atoms with Crippen molar-refractivity contribution in [2.75, 3.05) is 13.2 Å². The fourth-order valence-electron chi connectivity index (χ4n) is 2.36. The highest BCUT2D eigenvalue weighted by molar-refractivity contribution is 7.91. The molecule has 0 bridgehead atoms. The van der Waals surface area contributed by atoms with Crippen molar-refractivity contribution in [2.24, 2.45) is 5.73 Å². The minimum Gasteiger partial charge on any atom is -0.493 e. The minimum atomic E-state index is -3.57. The second-order valence-electron chi connectivity index (χ2n) is 5.16. The normalized spacial score (nSPS) is 11.7. The molecule has 3 N–H and O–H groups in total. The molecule has 0 saturated carbocycles. The molecule has 0 aliphatic carbocycles. The van der Waals surface area contributed by atoms with Crippen LogP contribution in [0.25, 0.3) is 10.9 Å². The van der Waals surface area contributed by atoms with Crippen LogP contribution in [-0.2, 0) is 9.84 Å². The molecule has 0 saturated heterocycles. The van der Waals surface area contributed by atoms with Crippen LogP contribution in [0.5, 0.6) is 5.75 Å². The van der Waals surface area contributed by atoms with Crippen molar-refractivity contribution in [3.8, 4) is 5.75 Å². The van der Waals surface area contributed by atoms with Crippen molar-refractivity contribution < 1.29 is 13.2 Å². The Balaban J connectivity index is 2.02. The lowest BCUT2D eigenvalue weighted by Gasteiger charge is -2.05. The lowest BCUT2D eigenvalue weighted by Crippen LogP contribution is -2.06. The number of hydrogen-bond donors (Lipinski definition) is 2. The highest BCUT2D eigenvalue weighted by Gasteiger charge is 2.20. The van der Waals surface area contributed by atoms with Crippen molar-refractivity contribution in [3.63, 3.8) is 0 Å². The summed E-state index contributed by atoms with van der Waals surface area (Å²) in [5.41, 5.74) is 6.19. The van der Waals surface area contributed by atoms with E-state index in [-0.39, 0.29) is 9.92 Å². The highest BCUT2D eigenvalue weighted by Crippen LogP contribution is 2.30. The molecule has 0 radical (unpaired) electrons. The van der Waals surface area contributed by atoms with Gasteiger partial charge in [0.05, 0.1) is 17.0 Å². The number of aromatic nitrogens is 1. The number of rotatable bonds is 6. The van der Waals surface area contributed by atoms with Crippen LogP contribution in [0, 0.1) is 0 Å². The van der Waals surface area contributed by atoms with Gasteiger partial charge in [0.25, 0.3) is 0 Å². The second-order valence-corrected chi connectivity index (χ2v) is 7.08. The molecule has 2 aromatic carbocycles. The summed E-state index contributed by atoms with van der Waals surface area (Å²) in [5, 5.41) is 0.910. The number of sulfone groups is 1. The Hall–Kier alpha value is -2.31. The largest absolute Gasteiger partial charge is 0.493 e. The Bertz CT molecular complexity index is 902. The topological polar surface area (TPSA) is 85.2 Å². The predicted molar refractivity (Wildman–Crippen MR) is 89.4 cm³/mol. The molecule has 0 unspecified atom stereocenters. The molecule has 120 valence electrons. The predicted octanol–water partition coefficient (Wildman–Crippen LogP) is 2.73. The number of hydrogen-bond acceptors (Lipinski definition) is 4. The van der Waals surface area contributed by atoms with Crippen LogP contribution in [0.2, 0.25) is 0 Å². The summed E-state index contributed by atoms with van der Waals surface area (Å²) < 4.78 is 31.1. The summed E-state index contributed by atoms with van der Waals surface area (Å²) in [7, 11) is -3.57. The molecule has 1 aromatic heterocycles. The molecule has 1 heterocycles. The standard InChI is InChI=1S/C17H18N2O3S/c18-10-5-11-22-16-9-4-8-15-14(16)12-17(19-15)23(20,21)13-6-2-1-3-7-13/h1-4,6-9,12,19H,5,10-11,18H2. The van der Waals surface area contributed by atoms with Crippen molar-refractivity contribution >= 4 is 20.7 Å². The molecule has 0 spiro atoms. The molecule has 23 heavy (non-hydrogen) atoms. The van der Waals surface area contributed by atoms with Crippen molar-refractivity contribution in [1.29, 1.82) is 0 Å². The van der Waals surface area contributed by atoms with Crippen LogP contribution < -0.4 is 10.5 Å². The van der Waals surface area contributed by atoms with E-state index in [2.05, 4.69) is 4.98 Å². The van der Waals surface area contributed by atoms with Gasteiger partial charge in [-0.25, -0.2) is 8.42 Å². The molecule has 0 amide bonds. The molecular weight excluding hydrogens is 312 g/mol. The summed E-state index contributed by atoms with van der Waals surface area (Å²) in [6, 6.07) is 15.5. The van der Waals surface area contributed by atoms with Gasteiger partial charge in [-0.3, -0.25) is 0 Å². The molecule has 0 aliphatic heterocycles. The maximum atomic E-state index is 12.7. The number of aromatic amines is 1. The summed E-state index contributed by atoms with van der Waals surface area (Å²) in [6.45, 7) is 1.05. The molecule has 3 aromatic rings. The van der Waals surface area contributed by atoms with E-state index in [1.54, 1.807) is 36.4 Å². The van der Waals surface area contributed by atoms with E-state index < -0.39 is 9.84 Å². The molecule has 6 heteroatoms. The first-order chi connectivity index (χ1) is 11.1. The third kappa shape index (κ3) is 3.09. The van der Waals surface area contributed by atoms with Gasteiger partial charge in [0.2, 0.25) is 9.84 Å². The Morgan fingerprint density at radius 2 is 1.83 bits per heavy atom. The second kappa shape index (κ2) is 6.44. The van der Waals surface area contributed by atoms with Crippen LogP contribution in [0.1, 0.15) is 6.42 Å². The molecule has 0 aliphatic rings. The van der Waals surface area contributed by atoms with Gasteiger partial charge in [0.15, 0.2) is 0 Å². The summed E-state index contributed by atoms with van der Waals surface area (Å²) in [5.74, 6) is 0.654. The lowest BCUT2D eigenvalue weighted by atomic mass is 10.2. The van der Waals surface area contributed by atoms with E-state index in [4.69, 9.17) is 10.5 Å². The third-order valence-corrected chi connectivity index (χ3v) is 5.24. The SMILES string of the molecule is NCCCOc1cccc2[nH]c(S(=O)(=O)c3ccccc3)cc12. The van der Waals surface area contributed by atoms with Gasteiger partial charge < -0.3 is 15.5 Å². The van der Waals surface area contributed by atoms with E-state index >= 15 is 0 Å². The van der Waals surface area contributed by atoms with E-state index in [1.165, 1.54) is 0 Å². The van der Waals surface area contributed by atoms with Gasteiger partial charge in [0, 0.05) is 5.39 Å². The van der Waals surface area contributed by atoms with E-state index in [0.29, 0.717) is 18.9 Å². The average molecular weight is 330 g/mol. The number of nitrogens with one attached hydrogen (secondary N) is 1. The first kappa shape index (κ1) is 15.6. The van der Waals surface area contributed by atoms with Gasteiger partial charge in [-0.05, 0) is 43.3 Å². The minimum absolute atomic E-state index is 0.161. The summed E-state index contributed by atoms with van der Waals surface area (Å²) in [4.78, 5) is 3.23. The third-order valence-electron chi connectivity index (χ3n) is 3.55. The van der Waals surface area contributed by atoms with Gasteiger partial charge in [-0.2, -0.15) is 0 Å². The zero-order valence-corrected chi connectivity index (χ0v) is 13.3. The van der Waals surface area contributed by atoms with Crippen molar-refractivity contribution in [3.05, 3.63) is 54.6 Å². The van der Waals surface area contributed by atoms with E-state index in [9.17, 15) is 8.42 Å². The molecule has 5 nitrogen and oxygen atoms in total. The molecular formula is C17H18N2O3S. The van der Waals surface area contributed by atoms with Crippen molar-refractivity contribution in [2.45, 2.75) is 16.3 Å². The maximum absolute atomic E-state index is 12.7. The fraction of sp³-hybridized carbons (Fsp3) is 0.176. The number of fused-ring (bicyclic) bond motifs is 1. The zero-order valence-electron chi connectivity index (χ0n) is 12.5. The van der Waals surface area contributed by atoms with Gasteiger partial charge in [-0.15, -0.1) is 0 Å². The Morgan fingerprint density at radius 3 is 2.57 bits per heavy atom. The van der Waals surface area contributed by atoms with E-state index in [1.807, 2.05) is 18.2 Å². The zero-order chi connectivity index (χ0) is 16.3. The number of benzene rings is 2. The van der Waals surface area contributed by atoms with Crippen LogP contribution in [-0.4, -0.2) is 26.6 Å². The number of nitrogens with two attached hydrogens (primary N) is 1. The quantitative estimate of drug-likeness (QED) is 0.681. The van der Waals surface area contributed by atoms with Gasteiger partial charge in [0.1, 0.15) is 10.8 Å². The van der Waals surface area contributed by atoms with Gasteiger partial charge in [-0.1, -0.05) is 24.3 Å². The number of H-pyrrole nitrogens is 1. The van der Waals surface area contributed by atoms with E-state index in [0.717, 1.165) is 17.3 Å². The monoisotopic (exact) mass is 330 g/mol. The lowest BCUT2D eigenvalue weighted by molar-refractivity contribution is 0.317. The van der Waals surface area contributed by atoms with Crippen LogP contribution in [0.15, 0.2) is 64.5 Å². The molecule has 3 rings (SSSR count). The molecule has 0 atom stereocenters. The Kier molecular flexibility index (Phi) is 4.36.